The Balaban J connectivity index is 2.16. The highest BCUT2D eigenvalue weighted by Crippen LogP contribution is 2.28. The van der Waals surface area contributed by atoms with Crippen LogP contribution in [0.1, 0.15) is 26.5 Å². The summed E-state index contributed by atoms with van der Waals surface area (Å²) in [5.74, 6) is -1.24. The number of carboxylic acids is 1. The van der Waals surface area contributed by atoms with Gasteiger partial charge in [0, 0.05) is 13.1 Å². The van der Waals surface area contributed by atoms with Gasteiger partial charge in [-0.2, -0.15) is 13.2 Å². The third-order valence-electron chi connectivity index (χ3n) is 3.54. The number of aliphatic carboxylic acids is 1. The summed E-state index contributed by atoms with van der Waals surface area (Å²) in [4.78, 5) is 33.2. The highest BCUT2D eigenvalue weighted by atomic mass is 19.4. The summed E-state index contributed by atoms with van der Waals surface area (Å²) >= 11 is 0. The molecular weight excluding hydrogens is 357 g/mol. The zero-order valence-electron chi connectivity index (χ0n) is 14.4. The predicted octanol–water partition coefficient (Wildman–Crippen LogP) is 2.01. The minimum Gasteiger partial charge on any atom is -0.480 e. The van der Waals surface area contributed by atoms with Crippen LogP contribution < -0.4 is 4.90 Å². The van der Waals surface area contributed by atoms with E-state index in [0.717, 1.165) is 6.20 Å². The van der Waals surface area contributed by atoms with E-state index in [2.05, 4.69) is 9.97 Å². The Bertz CT molecular complexity index is 673. The summed E-state index contributed by atoms with van der Waals surface area (Å²) in [5, 5.41) is 9.44. The molecule has 1 fully saturated rings. The predicted molar refractivity (Wildman–Crippen MR) is 83.6 cm³/mol. The molecule has 2 rings (SSSR count). The van der Waals surface area contributed by atoms with Crippen molar-refractivity contribution in [1.82, 2.24) is 14.9 Å². The maximum Gasteiger partial charge on any atom is 0.434 e. The van der Waals surface area contributed by atoms with Crippen molar-refractivity contribution in [2.24, 2.45) is 0 Å². The van der Waals surface area contributed by atoms with E-state index in [-0.39, 0.29) is 25.5 Å². The van der Waals surface area contributed by atoms with Crippen molar-refractivity contribution in [3.63, 3.8) is 0 Å². The minimum absolute atomic E-state index is 0.00533. The van der Waals surface area contributed by atoms with Crippen LogP contribution in [0.5, 0.6) is 0 Å². The monoisotopic (exact) mass is 376 g/mol. The fourth-order valence-electron chi connectivity index (χ4n) is 2.38. The third-order valence-corrected chi connectivity index (χ3v) is 3.54. The molecule has 1 N–H and O–H groups in total. The molecule has 0 aliphatic carbocycles. The SMILES string of the molecule is CC(C)(C)OC(=O)N1CCN(c2cnc(C(F)(F)F)cn2)[C@@H](C(=O)O)C1. The lowest BCUT2D eigenvalue weighted by atomic mass is 10.1. The van der Waals surface area contributed by atoms with Crippen molar-refractivity contribution in [2.75, 3.05) is 24.5 Å². The van der Waals surface area contributed by atoms with E-state index in [1.807, 2.05) is 0 Å². The zero-order valence-corrected chi connectivity index (χ0v) is 14.4. The Hall–Kier alpha value is -2.59. The molecule has 26 heavy (non-hydrogen) atoms. The number of carboxylic acid groups (broad SMARTS) is 1. The highest BCUT2D eigenvalue weighted by Gasteiger charge is 2.38. The smallest absolute Gasteiger partial charge is 0.434 e. The van der Waals surface area contributed by atoms with Gasteiger partial charge < -0.3 is 19.6 Å². The number of rotatable bonds is 2. The first-order valence-electron chi connectivity index (χ1n) is 7.75. The Morgan fingerprint density at radius 3 is 2.31 bits per heavy atom. The van der Waals surface area contributed by atoms with Crippen molar-refractivity contribution < 1.29 is 32.6 Å². The van der Waals surface area contributed by atoms with Crippen LogP contribution in [0.15, 0.2) is 12.4 Å². The van der Waals surface area contributed by atoms with Crippen LogP contribution in [0.3, 0.4) is 0 Å². The molecular formula is C15H19F3N4O4. The second-order valence-electron chi connectivity index (χ2n) is 6.73. The van der Waals surface area contributed by atoms with Gasteiger partial charge in [-0.15, -0.1) is 0 Å². The van der Waals surface area contributed by atoms with Crippen molar-refractivity contribution in [1.29, 1.82) is 0 Å². The lowest BCUT2D eigenvalue weighted by Crippen LogP contribution is -2.58. The summed E-state index contributed by atoms with van der Waals surface area (Å²) in [6.45, 7) is 5.08. The van der Waals surface area contributed by atoms with Gasteiger partial charge in [-0.25, -0.2) is 19.6 Å². The average Bonchev–Trinajstić information content (AvgIpc) is 2.52. The van der Waals surface area contributed by atoms with Crippen LogP contribution >= 0.6 is 0 Å². The van der Waals surface area contributed by atoms with E-state index in [1.165, 1.54) is 9.80 Å². The number of nitrogens with zero attached hydrogens (tertiary/aromatic N) is 4. The number of hydrogen-bond donors (Lipinski definition) is 1. The highest BCUT2D eigenvalue weighted by molar-refractivity contribution is 5.80. The lowest BCUT2D eigenvalue weighted by molar-refractivity contribution is -0.142. The van der Waals surface area contributed by atoms with Crippen molar-refractivity contribution >= 4 is 17.9 Å². The summed E-state index contributed by atoms with van der Waals surface area (Å²) in [6.07, 6.45) is -3.86. The molecule has 0 bridgehead atoms. The molecule has 1 aliphatic heterocycles. The van der Waals surface area contributed by atoms with Crippen LogP contribution in [-0.2, 0) is 15.7 Å². The Morgan fingerprint density at radius 2 is 1.85 bits per heavy atom. The maximum atomic E-state index is 12.6. The molecule has 1 aliphatic rings. The third kappa shape index (κ3) is 4.73. The largest absolute Gasteiger partial charge is 0.480 e. The number of hydrogen-bond acceptors (Lipinski definition) is 6. The topological polar surface area (TPSA) is 95.9 Å². The summed E-state index contributed by atoms with van der Waals surface area (Å²) in [5.41, 5.74) is -1.90. The number of alkyl halides is 3. The number of carbonyl (C=O) groups is 2. The van der Waals surface area contributed by atoms with E-state index in [1.54, 1.807) is 20.8 Å². The molecule has 1 atom stereocenters. The van der Waals surface area contributed by atoms with Crippen LogP contribution in [-0.4, -0.2) is 63.3 Å². The number of carbonyl (C=O) groups excluding carboxylic acids is 1. The van der Waals surface area contributed by atoms with Gasteiger partial charge in [-0.3, -0.25) is 0 Å². The number of ether oxygens (including phenoxy) is 1. The number of anilines is 1. The molecule has 0 spiro atoms. The Labute approximate surface area is 147 Å². The second kappa shape index (κ2) is 6.96. The van der Waals surface area contributed by atoms with Gasteiger partial charge >= 0.3 is 18.2 Å². The number of amides is 1. The van der Waals surface area contributed by atoms with E-state index < -0.39 is 35.6 Å². The van der Waals surface area contributed by atoms with Crippen LogP contribution in [0, 0.1) is 0 Å². The van der Waals surface area contributed by atoms with Gasteiger partial charge in [-0.05, 0) is 20.8 Å². The average molecular weight is 376 g/mol. The number of halogens is 3. The first kappa shape index (κ1) is 19.7. The molecule has 0 radical (unpaired) electrons. The molecule has 1 aromatic heterocycles. The first-order chi connectivity index (χ1) is 11.9. The number of aromatic nitrogens is 2. The first-order valence-corrected chi connectivity index (χ1v) is 7.75. The summed E-state index contributed by atoms with van der Waals surface area (Å²) < 4.78 is 42.9. The molecule has 1 aromatic rings. The maximum absolute atomic E-state index is 12.6. The zero-order chi connectivity index (χ0) is 19.7. The molecule has 0 saturated carbocycles. The van der Waals surface area contributed by atoms with E-state index in [0.29, 0.717) is 6.20 Å². The van der Waals surface area contributed by atoms with Gasteiger partial charge in [0.15, 0.2) is 5.69 Å². The molecule has 144 valence electrons. The molecule has 0 aromatic carbocycles. The standard InChI is InChI=1S/C15H19F3N4O4/c1-14(2,3)26-13(25)21-4-5-22(9(8-21)12(23)24)11-7-19-10(6-20-11)15(16,17)18/h6-7,9H,4-5,8H2,1-3H3,(H,23,24)/t9-/m1/s1. The van der Waals surface area contributed by atoms with E-state index in [9.17, 15) is 27.9 Å². The van der Waals surface area contributed by atoms with Crippen molar-refractivity contribution in [3.8, 4) is 0 Å². The van der Waals surface area contributed by atoms with Crippen molar-refractivity contribution in [2.45, 2.75) is 38.6 Å². The van der Waals surface area contributed by atoms with Gasteiger partial charge in [-0.1, -0.05) is 0 Å². The van der Waals surface area contributed by atoms with E-state index >= 15 is 0 Å². The fraction of sp³-hybridized carbons (Fsp3) is 0.600. The molecule has 1 saturated heterocycles. The molecule has 11 heteroatoms. The summed E-state index contributed by atoms with van der Waals surface area (Å²) in [7, 11) is 0. The molecule has 1 amide bonds. The van der Waals surface area contributed by atoms with Gasteiger partial charge in [0.05, 0.1) is 18.9 Å². The number of piperazine rings is 1. The van der Waals surface area contributed by atoms with Crippen LogP contribution in [0.4, 0.5) is 23.8 Å². The second-order valence-corrected chi connectivity index (χ2v) is 6.73. The fourth-order valence-corrected chi connectivity index (χ4v) is 2.38. The lowest BCUT2D eigenvalue weighted by Gasteiger charge is -2.40. The molecule has 0 unspecified atom stereocenters. The van der Waals surface area contributed by atoms with Crippen LogP contribution in [0.25, 0.3) is 0 Å². The Morgan fingerprint density at radius 1 is 1.19 bits per heavy atom. The van der Waals surface area contributed by atoms with Crippen LogP contribution in [0.2, 0.25) is 0 Å². The van der Waals surface area contributed by atoms with E-state index in [4.69, 9.17) is 4.74 Å². The normalized spacial score (nSPS) is 18.6. The van der Waals surface area contributed by atoms with Gasteiger partial charge in [0.25, 0.3) is 0 Å². The van der Waals surface area contributed by atoms with Crippen molar-refractivity contribution in [3.05, 3.63) is 18.1 Å². The molecule has 2 heterocycles. The van der Waals surface area contributed by atoms with Gasteiger partial charge in [0.1, 0.15) is 17.5 Å². The molecule has 8 nitrogen and oxygen atoms in total. The Kier molecular flexibility index (Phi) is 5.28. The summed E-state index contributed by atoms with van der Waals surface area (Å²) in [6, 6.07) is -1.18. The van der Waals surface area contributed by atoms with Gasteiger partial charge in [0.2, 0.25) is 0 Å². The quantitative estimate of drug-likeness (QED) is 0.843. The minimum atomic E-state index is -4.63.